The second kappa shape index (κ2) is 6.34. The van der Waals surface area contributed by atoms with Gasteiger partial charge in [-0.2, -0.15) is 0 Å². The number of carbonyl (C=O) groups excluding carboxylic acids is 2. The molecule has 0 amide bonds. The molecule has 1 aliphatic heterocycles. The average molecular weight is 375 g/mol. The van der Waals surface area contributed by atoms with Crippen LogP contribution in [0.15, 0.2) is 10.6 Å². The number of esters is 1. The Balaban J connectivity index is 2.33. The molecule has 1 fully saturated rings. The fourth-order valence-electron chi connectivity index (χ4n) is 3.27. The molecule has 4 nitrogen and oxygen atoms in total. The van der Waals surface area contributed by atoms with Gasteiger partial charge in [0.25, 0.3) is 0 Å². The summed E-state index contributed by atoms with van der Waals surface area (Å²) in [6.07, 6.45) is 2.87. The predicted octanol–water partition coefficient (Wildman–Crippen LogP) is 3.70. The van der Waals surface area contributed by atoms with Crippen molar-refractivity contribution in [2.45, 2.75) is 69.9 Å². The molecule has 6 heteroatoms. The van der Waals surface area contributed by atoms with Crippen molar-refractivity contribution < 1.29 is 18.8 Å². The first-order chi connectivity index (χ1) is 9.93. The third kappa shape index (κ3) is 2.90. The van der Waals surface area contributed by atoms with Crippen molar-refractivity contribution in [2.75, 3.05) is 0 Å². The number of halogens is 1. The lowest BCUT2D eigenvalue weighted by Gasteiger charge is -2.42. The molecule has 0 aromatic rings. The smallest absolute Gasteiger partial charge is 0.307 e. The first-order valence-electron chi connectivity index (χ1n) is 7.73. The highest BCUT2D eigenvalue weighted by molar-refractivity contribution is 9.12. The summed E-state index contributed by atoms with van der Waals surface area (Å²) in [5.74, 6) is -0.438. The number of rotatable bonds is 5. The monoisotopic (exact) mass is 374 g/mol. The van der Waals surface area contributed by atoms with Crippen molar-refractivity contribution in [3.8, 4) is 0 Å². The van der Waals surface area contributed by atoms with E-state index in [9.17, 15) is 9.59 Å². The fourth-order valence-corrected chi connectivity index (χ4v) is 6.68. The van der Waals surface area contributed by atoms with Gasteiger partial charge in [-0.3, -0.25) is 9.59 Å². The van der Waals surface area contributed by atoms with Crippen molar-refractivity contribution >= 4 is 36.0 Å². The quantitative estimate of drug-likeness (QED) is 0.543. The van der Waals surface area contributed by atoms with Crippen molar-refractivity contribution in [2.24, 2.45) is 0 Å². The molecule has 0 saturated carbocycles. The first-order valence-corrected chi connectivity index (χ1v) is 11.1. The molecular weight excluding hydrogens is 352 g/mol. The Kier molecular flexibility index (Phi) is 5.10. The molecule has 0 unspecified atom stereocenters. The highest BCUT2D eigenvalue weighted by Crippen LogP contribution is 2.42. The van der Waals surface area contributed by atoms with Crippen molar-refractivity contribution in [3.63, 3.8) is 0 Å². The largest absolute Gasteiger partial charge is 0.448 e. The molecule has 0 N–H and O–H groups in total. The summed E-state index contributed by atoms with van der Waals surface area (Å²) in [5.41, 5.74) is -1.09. The predicted molar refractivity (Wildman–Crippen MR) is 86.8 cm³/mol. The van der Waals surface area contributed by atoms with Crippen LogP contribution in [-0.4, -0.2) is 31.8 Å². The van der Waals surface area contributed by atoms with Crippen LogP contribution in [0.3, 0.4) is 0 Å². The Bertz CT molecular complexity index is 464. The first kappa shape index (κ1) is 16.9. The lowest BCUT2D eigenvalue weighted by molar-refractivity contribution is -0.165. The summed E-state index contributed by atoms with van der Waals surface area (Å²) >= 11 is 3.29. The highest BCUT2D eigenvalue weighted by Gasteiger charge is 2.57. The molecule has 118 valence electrons. The van der Waals surface area contributed by atoms with E-state index in [0.29, 0.717) is 23.7 Å². The molecular formula is C15H23BrO4Si. The molecule has 0 radical (unpaired) electrons. The van der Waals surface area contributed by atoms with Crippen LogP contribution < -0.4 is 0 Å². The van der Waals surface area contributed by atoms with Crippen LogP contribution >= 0.6 is 15.9 Å². The van der Waals surface area contributed by atoms with E-state index in [1.807, 2.05) is 6.08 Å². The van der Waals surface area contributed by atoms with Gasteiger partial charge in [0.2, 0.25) is 11.4 Å². The molecule has 1 saturated heterocycles. The van der Waals surface area contributed by atoms with Crippen LogP contribution in [0, 0.1) is 0 Å². The molecule has 0 aromatic heterocycles. The van der Waals surface area contributed by atoms with Crippen LogP contribution in [0.25, 0.3) is 0 Å². The maximum Gasteiger partial charge on any atom is 0.307 e. The molecule has 1 heterocycles. The second-order valence-corrected chi connectivity index (χ2v) is 11.4. The summed E-state index contributed by atoms with van der Waals surface area (Å²) in [6, 6.07) is 3.04. The minimum absolute atomic E-state index is 0.143. The van der Waals surface area contributed by atoms with E-state index in [1.165, 1.54) is 0 Å². The molecule has 2 atom stereocenters. The molecule has 0 aromatic carbocycles. The van der Waals surface area contributed by atoms with Crippen LogP contribution in [-0.2, 0) is 18.8 Å². The average Bonchev–Trinajstić information content (AvgIpc) is 2.88. The maximum absolute atomic E-state index is 12.6. The molecule has 0 bridgehead atoms. The third-order valence-corrected chi connectivity index (χ3v) is 10.3. The van der Waals surface area contributed by atoms with Gasteiger partial charge in [0.15, 0.2) is 8.32 Å². The molecule has 2 aliphatic rings. The van der Waals surface area contributed by atoms with Gasteiger partial charge in [0.1, 0.15) is 0 Å². The van der Waals surface area contributed by atoms with Gasteiger partial charge < -0.3 is 9.16 Å². The number of ketones is 1. The van der Waals surface area contributed by atoms with E-state index >= 15 is 0 Å². The fraction of sp³-hybridized carbons (Fsp3) is 0.733. The SMILES string of the molecule is CC[Si](CC)(CC)O[C@@H]1CC=C(Br)C(=O)[C@]12CCC(=O)O2. The number of carbonyl (C=O) groups is 2. The standard InChI is InChI=1S/C15H23BrO4Si/c1-4-21(5-2,6-3)20-12-8-7-11(16)14(18)15(12)10-9-13(17)19-15/h7,12H,4-6,8-10H2,1-3H3/t12-,15+/m1/s1. The highest BCUT2D eigenvalue weighted by atomic mass is 79.9. The van der Waals surface area contributed by atoms with Gasteiger partial charge in [0.05, 0.1) is 10.6 Å². The van der Waals surface area contributed by atoms with Crippen molar-refractivity contribution in [1.82, 2.24) is 0 Å². The number of ether oxygens (including phenoxy) is 1. The van der Waals surface area contributed by atoms with Gasteiger partial charge in [-0.25, -0.2) is 0 Å². The Hall–Kier alpha value is -0.463. The summed E-state index contributed by atoms with van der Waals surface area (Å²) < 4.78 is 12.5. The molecule has 2 rings (SSSR count). The van der Waals surface area contributed by atoms with Gasteiger partial charge >= 0.3 is 5.97 Å². The second-order valence-electron chi connectivity index (χ2n) is 5.83. The number of hydrogen-bond donors (Lipinski definition) is 0. The molecule has 21 heavy (non-hydrogen) atoms. The Morgan fingerprint density at radius 1 is 1.33 bits per heavy atom. The van der Waals surface area contributed by atoms with E-state index in [2.05, 4.69) is 36.7 Å². The van der Waals surface area contributed by atoms with Gasteiger partial charge in [-0.1, -0.05) is 26.8 Å². The summed E-state index contributed by atoms with van der Waals surface area (Å²) in [7, 11) is -1.86. The minimum Gasteiger partial charge on any atom is -0.448 e. The lowest BCUT2D eigenvalue weighted by atomic mass is 9.83. The van der Waals surface area contributed by atoms with Crippen LogP contribution in [0.4, 0.5) is 0 Å². The zero-order chi connectivity index (χ0) is 15.7. The van der Waals surface area contributed by atoms with Crippen molar-refractivity contribution in [1.29, 1.82) is 0 Å². The Morgan fingerprint density at radius 2 is 1.95 bits per heavy atom. The zero-order valence-corrected chi connectivity index (χ0v) is 15.5. The normalized spacial score (nSPS) is 29.7. The van der Waals surface area contributed by atoms with Crippen LogP contribution in [0.2, 0.25) is 18.1 Å². The number of hydrogen-bond acceptors (Lipinski definition) is 4. The Morgan fingerprint density at radius 3 is 2.43 bits per heavy atom. The zero-order valence-electron chi connectivity index (χ0n) is 12.9. The summed E-state index contributed by atoms with van der Waals surface area (Å²) in [5, 5.41) is 0. The Labute approximate surface area is 135 Å². The van der Waals surface area contributed by atoms with E-state index in [1.54, 1.807) is 0 Å². The van der Waals surface area contributed by atoms with Crippen LogP contribution in [0.5, 0.6) is 0 Å². The molecule has 1 aliphatic carbocycles. The van der Waals surface area contributed by atoms with E-state index < -0.39 is 13.9 Å². The van der Waals surface area contributed by atoms with Crippen molar-refractivity contribution in [3.05, 3.63) is 10.6 Å². The van der Waals surface area contributed by atoms with Crippen LogP contribution in [0.1, 0.15) is 40.0 Å². The maximum atomic E-state index is 12.6. The number of Topliss-reactive ketones (excluding diaryl/α,β-unsaturated/α-hetero) is 1. The van der Waals surface area contributed by atoms with Gasteiger partial charge in [0, 0.05) is 12.8 Å². The van der Waals surface area contributed by atoms with E-state index in [4.69, 9.17) is 9.16 Å². The third-order valence-electron chi connectivity index (χ3n) is 4.95. The summed E-state index contributed by atoms with van der Waals surface area (Å²) in [4.78, 5) is 24.2. The summed E-state index contributed by atoms with van der Waals surface area (Å²) in [6.45, 7) is 6.47. The van der Waals surface area contributed by atoms with E-state index in [0.717, 1.165) is 18.1 Å². The topological polar surface area (TPSA) is 52.6 Å². The minimum atomic E-state index is -1.86. The van der Waals surface area contributed by atoms with Gasteiger partial charge in [-0.15, -0.1) is 0 Å². The van der Waals surface area contributed by atoms with Gasteiger partial charge in [-0.05, 0) is 40.5 Å². The lowest BCUT2D eigenvalue weighted by Crippen LogP contribution is -2.56. The molecule has 1 spiro atoms. The van der Waals surface area contributed by atoms with E-state index in [-0.39, 0.29) is 17.9 Å².